The highest BCUT2D eigenvalue weighted by molar-refractivity contribution is 7.13. The molecule has 2 aromatic carbocycles. The fraction of sp³-hybridized carbons (Fsp3) is 0.387. The molecule has 0 amide bonds. The number of piperidine rings is 1. The quantitative estimate of drug-likeness (QED) is 0.252. The van der Waals surface area contributed by atoms with Gasteiger partial charge in [0, 0.05) is 24.7 Å². The normalized spacial score (nSPS) is 16.6. The van der Waals surface area contributed by atoms with Crippen LogP contribution in [0.25, 0.3) is 22.0 Å². The van der Waals surface area contributed by atoms with E-state index in [9.17, 15) is 0 Å². The van der Waals surface area contributed by atoms with Crippen molar-refractivity contribution >= 4 is 11.3 Å². The lowest BCUT2D eigenvalue weighted by Crippen LogP contribution is -2.33. The first kappa shape index (κ1) is 24.0. The third-order valence-electron chi connectivity index (χ3n) is 7.50. The van der Waals surface area contributed by atoms with E-state index in [-0.39, 0.29) is 0 Å². The van der Waals surface area contributed by atoms with Gasteiger partial charge in [-0.05, 0) is 73.4 Å². The first-order valence-corrected chi connectivity index (χ1v) is 14.2. The molecule has 3 nitrogen and oxygen atoms in total. The summed E-state index contributed by atoms with van der Waals surface area (Å²) in [6.45, 7) is 9.75. The molecule has 0 N–H and O–H groups in total. The Morgan fingerprint density at radius 2 is 1.80 bits per heavy atom. The van der Waals surface area contributed by atoms with Gasteiger partial charge in [-0.1, -0.05) is 68.8 Å². The molecule has 4 heteroatoms. The van der Waals surface area contributed by atoms with Crippen molar-refractivity contribution < 1.29 is 0 Å². The second kappa shape index (κ2) is 10.9. The van der Waals surface area contributed by atoms with Crippen LogP contribution >= 0.6 is 11.3 Å². The number of hydrogen-bond acceptors (Lipinski definition) is 3. The highest BCUT2D eigenvalue weighted by Gasteiger charge is 2.28. The van der Waals surface area contributed by atoms with Gasteiger partial charge < -0.3 is 4.57 Å². The van der Waals surface area contributed by atoms with Crippen molar-refractivity contribution in [1.82, 2.24) is 14.5 Å². The van der Waals surface area contributed by atoms with Crippen LogP contribution in [0.5, 0.6) is 0 Å². The Hall–Kier alpha value is -2.69. The summed E-state index contributed by atoms with van der Waals surface area (Å²) in [5.41, 5.74) is 8.02. The van der Waals surface area contributed by atoms with E-state index in [0.717, 1.165) is 44.0 Å². The first-order chi connectivity index (χ1) is 17.2. The van der Waals surface area contributed by atoms with Crippen molar-refractivity contribution in [3.8, 4) is 22.0 Å². The maximum Gasteiger partial charge on any atom is 0.141 e. The molecule has 1 aliphatic heterocycles. The molecule has 0 radical (unpaired) electrons. The van der Waals surface area contributed by atoms with Crippen LogP contribution in [0, 0.1) is 0 Å². The minimum atomic E-state index is 0.472. The van der Waals surface area contributed by atoms with Gasteiger partial charge in [0.15, 0.2) is 0 Å². The van der Waals surface area contributed by atoms with Gasteiger partial charge in [0.2, 0.25) is 0 Å². The van der Waals surface area contributed by atoms with Gasteiger partial charge in [0.1, 0.15) is 11.5 Å². The lowest BCUT2D eigenvalue weighted by Gasteiger charge is -2.36. The van der Waals surface area contributed by atoms with Crippen LogP contribution in [0.2, 0.25) is 0 Å². The second-order valence-electron chi connectivity index (χ2n) is 9.54. The van der Waals surface area contributed by atoms with Crippen LogP contribution in [0.3, 0.4) is 0 Å². The fourth-order valence-corrected chi connectivity index (χ4v) is 6.32. The van der Waals surface area contributed by atoms with Crippen molar-refractivity contribution in [2.75, 3.05) is 6.54 Å². The Kier molecular flexibility index (Phi) is 7.50. The molecule has 5 rings (SSSR count). The van der Waals surface area contributed by atoms with E-state index in [1.165, 1.54) is 52.1 Å². The largest absolute Gasteiger partial charge is 0.327 e. The molecule has 0 saturated carbocycles. The van der Waals surface area contributed by atoms with E-state index < -0.39 is 0 Å². The highest BCUT2D eigenvalue weighted by atomic mass is 32.1. The van der Waals surface area contributed by atoms with Crippen LogP contribution in [0.1, 0.15) is 68.5 Å². The predicted octanol–water partition coefficient (Wildman–Crippen LogP) is 8.15. The summed E-state index contributed by atoms with van der Waals surface area (Å²) in [6.07, 6.45) is 5.85. The fourth-order valence-electron chi connectivity index (χ4n) is 5.59. The van der Waals surface area contributed by atoms with Crippen molar-refractivity contribution in [3.05, 3.63) is 88.4 Å². The first-order valence-electron chi connectivity index (χ1n) is 13.3. The Bertz CT molecular complexity index is 1240. The van der Waals surface area contributed by atoms with Crippen molar-refractivity contribution in [2.24, 2.45) is 0 Å². The number of imidazole rings is 1. The number of benzene rings is 2. The van der Waals surface area contributed by atoms with Crippen molar-refractivity contribution in [1.29, 1.82) is 0 Å². The van der Waals surface area contributed by atoms with Gasteiger partial charge in [-0.15, -0.1) is 11.3 Å². The molecule has 3 heterocycles. The summed E-state index contributed by atoms with van der Waals surface area (Å²) in [6, 6.07) is 22.9. The summed E-state index contributed by atoms with van der Waals surface area (Å²) in [5, 5.41) is 2.17. The number of hydrogen-bond donors (Lipinski definition) is 0. The number of rotatable bonds is 8. The van der Waals surface area contributed by atoms with Crippen molar-refractivity contribution in [2.45, 2.75) is 72.0 Å². The zero-order valence-electron chi connectivity index (χ0n) is 21.3. The van der Waals surface area contributed by atoms with Gasteiger partial charge in [-0.25, -0.2) is 4.98 Å². The molecule has 1 atom stereocenters. The van der Waals surface area contributed by atoms with E-state index in [0.29, 0.717) is 6.04 Å². The maximum absolute atomic E-state index is 5.39. The Morgan fingerprint density at radius 3 is 2.51 bits per heavy atom. The summed E-state index contributed by atoms with van der Waals surface area (Å²) < 4.78 is 2.50. The van der Waals surface area contributed by atoms with Crippen LogP contribution in [0.15, 0.2) is 66.0 Å². The van der Waals surface area contributed by atoms with E-state index in [4.69, 9.17) is 4.98 Å². The SMILES string of the molecule is CCc1ccc(CC)c(-c2nc(-c3cccs3)c(CN3CCCCC3c3ccccc3)n2CC)c1. The van der Waals surface area contributed by atoms with Gasteiger partial charge in [-0.2, -0.15) is 0 Å². The number of aryl methyl sites for hydroxylation is 2. The van der Waals surface area contributed by atoms with E-state index >= 15 is 0 Å². The van der Waals surface area contributed by atoms with Gasteiger partial charge in [0.05, 0.1) is 10.6 Å². The molecule has 1 saturated heterocycles. The zero-order valence-corrected chi connectivity index (χ0v) is 22.2. The van der Waals surface area contributed by atoms with Crippen molar-refractivity contribution in [3.63, 3.8) is 0 Å². The number of aromatic nitrogens is 2. The smallest absolute Gasteiger partial charge is 0.141 e. The number of thiophene rings is 1. The molecule has 1 aliphatic rings. The van der Waals surface area contributed by atoms with Gasteiger partial charge in [0.25, 0.3) is 0 Å². The Morgan fingerprint density at radius 1 is 0.943 bits per heavy atom. The summed E-state index contributed by atoms with van der Waals surface area (Å²) in [5.74, 6) is 1.13. The molecule has 182 valence electrons. The summed E-state index contributed by atoms with van der Waals surface area (Å²) >= 11 is 1.80. The molecular weight excluding hydrogens is 446 g/mol. The minimum Gasteiger partial charge on any atom is -0.327 e. The summed E-state index contributed by atoms with van der Waals surface area (Å²) in [4.78, 5) is 9.36. The number of nitrogens with zero attached hydrogens (tertiary/aromatic N) is 3. The second-order valence-corrected chi connectivity index (χ2v) is 10.5. The molecular formula is C31H37N3S. The maximum atomic E-state index is 5.39. The third kappa shape index (κ3) is 4.87. The topological polar surface area (TPSA) is 21.1 Å². The summed E-state index contributed by atoms with van der Waals surface area (Å²) in [7, 11) is 0. The molecule has 1 unspecified atom stereocenters. The monoisotopic (exact) mass is 483 g/mol. The average Bonchev–Trinajstić information content (AvgIpc) is 3.57. The Labute approximate surface area is 214 Å². The van der Waals surface area contributed by atoms with Crippen LogP contribution < -0.4 is 0 Å². The highest BCUT2D eigenvalue weighted by Crippen LogP contribution is 2.38. The zero-order chi connectivity index (χ0) is 24.2. The molecule has 0 spiro atoms. The van der Waals surface area contributed by atoms with Gasteiger partial charge in [-0.3, -0.25) is 4.90 Å². The van der Waals surface area contributed by atoms with E-state index in [2.05, 4.69) is 96.3 Å². The molecule has 0 bridgehead atoms. The molecule has 35 heavy (non-hydrogen) atoms. The van der Waals surface area contributed by atoms with Crippen LogP contribution in [-0.2, 0) is 25.9 Å². The van der Waals surface area contributed by atoms with E-state index in [1.807, 2.05) is 0 Å². The van der Waals surface area contributed by atoms with E-state index in [1.54, 1.807) is 11.3 Å². The standard InChI is InChI=1S/C31H37N3S/c1-4-23-17-18-24(5-2)26(21-23)31-32-30(29-16-12-20-35-29)28(34(31)6-3)22-33-19-11-10-15-27(33)25-13-8-7-9-14-25/h7-9,12-14,16-18,20-21,27H,4-6,10-11,15,19,22H2,1-3H3. The Balaban J connectivity index is 1.62. The lowest BCUT2D eigenvalue weighted by molar-refractivity contribution is 0.137. The third-order valence-corrected chi connectivity index (χ3v) is 8.38. The molecule has 2 aromatic heterocycles. The molecule has 0 aliphatic carbocycles. The average molecular weight is 484 g/mol. The van der Waals surface area contributed by atoms with Crippen LogP contribution in [0.4, 0.5) is 0 Å². The minimum absolute atomic E-state index is 0.472. The van der Waals surface area contributed by atoms with Gasteiger partial charge >= 0.3 is 0 Å². The molecule has 4 aromatic rings. The van der Waals surface area contributed by atoms with Crippen LogP contribution in [-0.4, -0.2) is 21.0 Å². The number of likely N-dealkylation sites (tertiary alicyclic amines) is 1. The molecule has 1 fully saturated rings. The predicted molar refractivity (Wildman–Crippen MR) is 149 cm³/mol. The lowest BCUT2D eigenvalue weighted by atomic mass is 9.95.